The van der Waals surface area contributed by atoms with Gasteiger partial charge in [0, 0.05) is 33.7 Å². The van der Waals surface area contributed by atoms with E-state index in [4.69, 9.17) is 0 Å². The van der Waals surface area contributed by atoms with Gasteiger partial charge in [-0.15, -0.1) is 11.3 Å². The molecule has 1 nitrogen and oxygen atoms in total. The van der Waals surface area contributed by atoms with Crippen molar-refractivity contribution in [2.45, 2.75) is 23.8 Å². The Bertz CT molecular complexity index is 291. The highest BCUT2D eigenvalue weighted by molar-refractivity contribution is 7.98. The molecule has 1 N–H and O–H groups in total. The maximum absolute atomic E-state index is 3.44. The van der Waals surface area contributed by atoms with Crippen LogP contribution >= 0.6 is 23.1 Å². The molecule has 13 heavy (non-hydrogen) atoms. The van der Waals surface area contributed by atoms with Crippen molar-refractivity contribution in [3.63, 3.8) is 0 Å². The van der Waals surface area contributed by atoms with Crippen molar-refractivity contribution in [2.75, 3.05) is 13.1 Å². The fourth-order valence-corrected chi connectivity index (χ4v) is 4.73. The van der Waals surface area contributed by atoms with Gasteiger partial charge < -0.3 is 5.32 Å². The maximum Gasteiger partial charge on any atom is 0.0285 e. The minimum atomic E-state index is 0.820. The van der Waals surface area contributed by atoms with E-state index in [2.05, 4.69) is 34.5 Å². The van der Waals surface area contributed by atoms with Gasteiger partial charge in [0.15, 0.2) is 0 Å². The molecule has 1 atom stereocenters. The average Bonchev–Trinajstić information content (AvgIpc) is 2.78. The predicted octanol–water partition coefficient (Wildman–Crippen LogP) is 2.57. The molecule has 0 aliphatic carbocycles. The smallest absolute Gasteiger partial charge is 0.0285 e. The summed E-state index contributed by atoms with van der Waals surface area (Å²) in [7, 11) is 0. The Morgan fingerprint density at radius 1 is 1.38 bits per heavy atom. The zero-order chi connectivity index (χ0) is 8.67. The predicted molar refractivity (Wildman–Crippen MR) is 59.5 cm³/mol. The Balaban J connectivity index is 1.88. The summed E-state index contributed by atoms with van der Waals surface area (Å²) in [6, 6.07) is 2.46. The fourth-order valence-electron chi connectivity index (χ4n) is 2.09. The van der Waals surface area contributed by atoms with E-state index in [0.29, 0.717) is 0 Å². The van der Waals surface area contributed by atoms with Crippen molar-refractivity contribution >= 4 is 23.1 Å². The van der Waals surface area contributed by atoms with Crippen LogP contribution in [0, 0.1) is 0 Å². The first-order chi connectivity index (χ1) is 6.43. The first-order valence-electron chi connectivity index (χ1n) is 4.83. The summed E-state index contributed by atoms with van der Waals surface area (Å²) in [4.78, 5) is 3.28. The minimum Gasteiger partial charge on any atom is -0.316 e. The summed E-state index contributed by atoms with van der Waals surface area (Å²) >= 11 is 4.11. The van der Waals surface area contributed by atoms with Gasteiger partial charge in [0.25, 0.3) is 0 Å². The van der Waals surface area contributed by atoms with Gasteiger partial charge in [0.2, 0.25) is 0 Å². The second kappa shape index (κ2) is 3.30. The quantitative estimate of drug-likeness (QED) is 0.766. The molecule has 3 heteroatoms. The number of thioether (sulfide) groups is 1. The van der Waals surface area contributed by atoms with Crippen molar-refractivity contribution in [2.24, 2.45) is 0 Å². The van der Waals surface area contributed by atoms with E-state index in [1.807, 2.05) is 0 Å². The van der Waals surface area contributed by atoms with Gasteiger partial charge in [0.1, 0.15) is 0 Å². The number of fused-ring (bicyclic) bond motifs is 1. The second-order valence-corrected chi connectivity index (χ2v) is 5.93. The third-order valence-corrected chi connectivity index (χ3v) is 5.40. The van der Waals surface area contributed by atoms with E-state index in [1.165, 1.54) is 31.0 Å². The van der Waals surface area contributed by atoms with Gasteiger partial charge >= 0.3 is 0 Å². The molecule has 70 valence electrons. The van der Waals surface area contributed by atoms with Crippen LogP contribution < -0.4 is 5.32 Å². The summed E-state index contributed by atoms with van der Waals surface area (Å²) < 4.78 is 0. The van der Waals surface area contributed by atoms with Gasteiger partial charge in [-0.2, -0.15) is 11.8 Å². The standard InChI is InChI=1S/C10H13NS2/c1-2-11-4-7(1)9-3-8-5-12-6-10(8)13-9/h3,7,11H,1-2,4-6H2. The summed E-state index contributed by atoms with van der Waals surface area (Å²) in [5.41, 5.74) is 1.62. The monoisotopic (exact) mass is 211 g/mol. The van der Waals surface area contributed by atoms with Gasteiger partial charge in [-0.1, -0.05) is 0 Å². The Kier molecular flexibility index (Phi) is 2.11. The molecule has 3 heterocycles. The zero-order valence-electron chi connectivity index (χ0n) is 7.51. The van der Waals surface area contributed by atoms with Crippen molar-refractivity contribution in [3.8, 4) is 0 Å². The highest BCUT2D eigenvalue weighted by atomic mass is 32.2. The average molecular weight is 211 g/mol. The number of nitrogens with one attached hydrogen (secondary N) is 1. The lowest BCUT2D eigenvalue weighted by Crippen LogP contribution is -2.07. The van der Waals surface area contributed by atoms with Crippen molar-refractivity contribution in [1.82, 2.24) is 5.32 Å². The van der Waals surface area contributed by atoms with Crippen LogP contribution in [0.5, 0.6) is 0 Å². The molecule has 0 spiro atoms. The molecule has 1 aromatic rings. The molecule has 1 fully saturated rings. The molecule has 0 amide bonds. The van der Waals surface area contributed by atoms with E-state index >= 15 is 0 Å². The van der Waals surface area contributed by atoms with Crippen molar-refractivity contribution in [1.29, 1.82) is 0 Å². The topological polar surface area (TPSA) is 12.0 Å². The molecular weight excluding hydrogens is 198 g/mol. The first kappa shape index (κ1) is 8.33. The molecule has 1 aromatic heterocycles. The summed E-state index contributed by atoms with van der Waals surface area (Å²) in [6.45, 7) is 2.41. The molecule has 0 radical (unpaired) electrons. The first-order valence-corrected chi connectivity index (χ1v) is 6.80. The molecule has 0 bridgehead atoms. The number of hydrogen-bond acceptors (Lipinski definition) is 3. The Hall–Kier alpha value is 0.0100. The van der Waals surface area contributed by atoms with Gasteiger partial charge in [-0.25, -0.2) is 0 Å². The third kappa shape index (κ3) is 1.43. The van der Waals surface area contributed by atoms with Crippen LogP contribution in [0.4, 0.5) is 0 Å². The van der Waals surface area contributed by atoms with Crippen LogP contribution in [0.15, 0.2) is 6.07 Å². The highest BCUT2D eigenvalue weighted by Crippen LogP contribution is 2.39. The number of rotatable bonds is 1. The molecule has 1 saturated heterocycles. The number of hydrogen-bond donors (Lipinski definition) is 1. The van der Waals surface area contributed by atoms with Crippen LogP contribution in [0.2, 0.25) is 0 Å². The van der Waals surface area contributed by atoms with Crippen molar-refractivity contribution < 1.29 is 0 Å². The van der Waals surface area contributed by atoms with Crippen LogP contribution in [-0.2, 0) is 11.5 Å². The van der Waals surface area contributed by atoms with Gasteiger partial charge in [0.05, 0.1) is 0 Å². The molecule has 2 aliphatic heterocycles. The second-order valence-electron chi connectivity index (χ2n) is 3.78. The molecular formula is C10H13NS2. The summed E-state index contributed by atoms with van der Waals surface area (Å²) in [6.07, 6.45) is 1.34. The Morgan fingerprint density at radius 2 is 2.38 bits per heavy atom. The lowest BCUT2D eigenvalue weighted by molar-refractivity contribution is 0.778. The lowest BCUT2D eigenvalue weighted by Gasteiger charge is -2.03. The van der Waals surface area contributed by atoms with Crippen molar-refractivity contribution in [3.05, 3.63) is 21.4 Å². The third-order valence-electron chi connectivity index (χ3n) is 2.87. The van der Waals surface area contributed by atoms with E-state index in [0.717, 1.165) is 5.92 Å². The van der Waals surface area contributed by atoms with E-state index < -0.39 is 0 Å². The normalized spacial score (nSPS) is 26.6. The van der Waals surface area contributed by atoms with Gasteiger partial charge in [-0.05, 0) is 24.6 Å². The lowest BCUT2D eigenvalue weighted by atomic mass is 10.1. The molecule has 0 aromatic carbocycles. The largest absolute Gasteiger partial charge is 0.316 e. The maximum atomic E-state index is 3.44. The fraction of sp³-hybridized carbons (Fsp3) is 0.600. The van der Waals surface area contributed by atoms with E-state index in [-0.39, 0.29) is 0 Å². The van der Waals surface area contributed by atoms with Crippen LogP contribution in [0.25, 0.3) is 0 Å². The molecule has 3 rings (SSSR count). The molecule has 1 unspecified atom stereocenters. The number of thiophene rings is 1. The van der Waals surface area contributed by atoms with Crippen LogP contribution in [0.3, 0.4) is 0 Å². The summed E-state index contributed by atoms with van der Waals surface area (Å²) in [5.74, 6) is 3.34. The molecule has 2 aliphatic rings. The van der Waals surface area contributed by atoms with Crippen LogP contribution in [0.1, 0.15) is 27.7 Å². The van der Waals surface area contributed by atoms with Crippen LogP contribution in [-0.4, -0.2) is 13.1 Å². The van der Waals surface area contributed by atoms with Gasteiger partial charge in [-0.3, -0.25) is 0 Å². The van der Waals surface area contributed by atoms with E-state index in [1.54, 1.807) is 15.3 Å². The van der Waals surface area contributed by atoms with E-state index in [9.17, 15) is 0 Å². The summed E-state index contributed by atoms with van der Waals surface area (Å²) in [5, 5.41) is 3.44. The Labute approximate surface area is 86.9 Å². The highest BCUT2D eigenvalue weighted by Gasteiger charge is 2.22. The molecule has 0 saturated carbocycles. The zero-order valence-corrected chi connectivity index (χ0v) is 9.14. The SMILES string of the molecule is c1c(C2CCNC2)sc2c1CSC2. The minimum absolute atomic E-state index is 0.820. The Morgan fingerprint density at radius 3 is 3.15 bits per heavy atom.